The maximum absolute atomic E-state index is 11.6. The number of nitrogens with zero attached hydrogens (tertiary/aromatic N) is 4. The Morgan fingerprint density at radius 2 is 2.21 bits per heavy atom. The largest absolute Gasteiger partial charge is 0.450 e. The molecule has 1 N–H and O–H groups in total. The summed E-state index contributed by atoms with van der Waals surface area (Å²) in [5.74, 6) is 1.20. The van der Waals surface area contributed by atoms with E-state index in [1.54, 1.807) is 6.92 Å². The molecule has 1 atom stereocenters. The van der Waals surface area contributed by atoms with Crippen LogP contribution in [0.25, 0.3) is 0 Å². The molecule has 2 heterocycles. The van der Waals surface area contributed by atoms with Gasteiger partial charge in [0, 0.05) is 31.8 Å². The molecule has 7 heteroatoms. The van der Waals surface area contributed by atoms with Crippen LogP contribution in [0.5, 0.6) is 0 Å². The number of nitrogens with one attached hydrogen (secondary N) is 1. The SMILES string of the molecule is CCOC(=O)Nc1nc2n(n1)C(c1ccccc1N(C)C)CCC2. The van der Waals surface area contributed by atoms with Crippen LogP contribution in [0, 0.1) is 0 Å². The van der Waals surface area contributed by atoms with Crippen LogP contribution in [0.2, 0.25) is 0 Å². The molecule has 1 aromatic heterocycles. The van der Waals surface area contributed by atoms with Gasteiger partial charge >= 0.3 is 6.09 Å². The van der Waals surface area contributed by atoms with Gasteiger partial charge in [-0.15, -0.1) is 5.10 Å². The maximum atomic E-state index is 11.6. The maximum Gasteiger partial charge on any atom is 0.414 e. The summed E-state index contributed by atoms with van der Waals surface area (Å²) in [7, 11) is 4.08. The molecule has 1 amide bonds. The molecule has 0 radical (unpaired) electrons. The first-order valence-corrected chi connectivity index (χ1v) is 8.25. The van der Waals surface area contributed by atoms with Crippen LogP contribution in [-0.4, -0.2) is 41.6 Å². The molecule has 0 saturated carbocycles. The normalized spacial score (nSPS) is 16.4. The van der Waals surface area contributed by atoms with E-state index in [0.717, 1.165) is 25.1 Å². The van der Waals surface area contributed by atoms with E-state index in [2.05, 4.69) is 32.4 Å². The molecule has 0 spiro atoms. The molecule has 0 aliphatic carbocycles. The van der Waals surface area contributed by atoms with E-state index in [4.69, 9.17) is 4.74 Å². The number of ether oxygens (including phenoxy) is 1. The molecule has 2 aromatic rings. The molecule has 0 fully saturated rings. The molecular weight excluding hydrogens is 306 g/mol. The Morgan fingerprint density at radius 3 is 2.96 bits per heavy atom. The van der Waals surface area contributed by atoms with E-state index in [1.165, 1.54) is 11.3 Å². The fraction of sp³-hybridized carbons (Fsp3) is 0.471. The van der Waals surface area contributed by atoms with Gasteiger partial charge in [0.2, 0.25) is 0 Å². The lowest BCUT2D eigenvalue weighted by atomic mass is 9.96. The van der Waals surface area contributed by atoms with Gasteiger partial charge in [-0.25, -0.2) is 9.48 Å². The van der Waals surface area contributed by atoms with E-state index >= 15 is 0 Å². The standard InChI is InChI=1S/C17H23N5O2/c1-4-24-17(23)19-16-18-15-11-7-10-14(22(15)20-16)12-8-5-6-9-13(12)21(2)3/h5-6,8-9,14H,4,7,10-11H2,1-3H3,(H,19,20,23). The summed E-state index contributed by atoms with van der Waals surface area (Å²) in [6, 6.07) is 8.45. The topological polar surface area (TPSA) is 72.3 Å². The van der Waals surface area contributed by atoms with Gasteiger partial charge in [-0.3, -0.25) is 5.32 Å². The average Bonchev–Trinajstić information content (AvgIpc) is 2.97. The van der Waals surface area contributed by atoms with Crippen molar-refractivity contribution in [2.24, 2.45) is 0 Å². The summed E-state index contributed by atoms with van der Waals surface area (Å²) in [6.45, 7) is 2.08. The Balaban J connectivity index is 1.92. The van der Waals surface area contributed by atoms with Gasteiger partial charge in [0.1, 0.15) is 5.82 Å². The minimum atomic E-state index is -0.523. The van der Waals surface area contributed by atoms with E-state index in [9.17, 15) is 4.79 Å². The third kappa shape index (κ3) is 3.20. The average molecular weight is 329 g/mol. The Hall–Kier alpha value is -2.57. The molecular formula is C17H23N5O2. The second-order valence-electron chi connectivity index (χ2n) is 6.00. The zero-order chi connectivity index (χ0) is 17.1. The van der Waals surface area contributed by atoms with Gasteiger partial charge in [-0.2, -0.15) is 4.98 Å². The highest BCUT2D eigenvalue weighted by Gasteiger charge is 2.27. The molecule has 1 aliphatic heterocycles. The lowest BCUT2D eigenvalue weighted by Gasteiger charge is -2.27. The van der Waals surface area contributed by atoms with Crippen LogP contribution in [0.1, 0.15) is 37.2 Å². The molecule has 0 bridgehead atoms. The number of anilines is 2. The first kappa shape index (κ1) is 16.3. The third-order valence-electron chi connectivity index (χ3n) is 4.14. The minimum absolute atomic E-state index is 0.123. The minimum Gasteiger partial charge on any atom is -0.450 e. The second kappa shape index (κ2) is 6.90. The summed E-state index contributed by atoms with van der Waals surface area (Å²) in [6.07, 6.45) is 2.38. The van der Waals surface area contributed by atoms with E-state index in [1.807, 2.05) is 30.9 Å². The molecule has 24 heavy (non-hydrogen) atoms. The van der Waals surface area contributed by atoms with Gasteiger partial charge in [-0.1, -0.05) is 18.2 Å². The van der Waals surface area contributed by atoms with Gasteiger partial charge in [-0.05, 0) is 25.8 Å². The molecule has 3 rings (SSSR count). The summed E-state index contributed by atoms with van der Waals surface area (Å²) < 4.78 is 6.83. The highest BCUT2D eigenvalue weighted by Crippen LogP contribution is 2.35. The number of carbonyl (C=O) groups is 1. The molecule has 0 saturated heterocycles. The van der Waals surface area contributed by atoms with Crippen molar-refractivity contribution in [3.05, 3.63) is 35.7 Å². The van der Waals surface area contributed by atoms with Crippen molar-refractivity contribution in [1.82, 2.24) is 14.8 Å². The predicted molar refractivity (Wildman–Crippen MR) is 92.5 cm³/mol. The first-order chi connectivity index (χ1) is 11.6. The van der Waals surface area contributed by atoms with Crippen LogP contribution >= 0.6 is 0 Å². The van der Waals surface area contributed by atoms with Gasteiger partial charge in [0.15, 0.2) is 0 Å². The third-order valence-corrected chi connectivity index (χ3v) is 4.14. The number of amides is 1. The second-order valence-corrected chi connectivity index (χ2v) is 6.00. The Labute approximate surface area is 141 Å². The van der Waals surface area contributed by atoms with Gasteiger partial charge in [0.25, 0.3) is 5.95 Å². The molecule has 7 nitrogen and oxygen atoms in total. The number of para-hydroxylation sites is 1. The lowest BCUT2D eigenvalue weighted by molar-refractivity contribution is 0.167. The highest BCUT2D eigenvalue weighted by atomic mass is 16.5. The molecule has 1 aliphatic rings. The fourth-order valence-electron chi connectivity index (χ4n) is 3.13. The van der Waals surface area contributed by atoms with Crippen molar-refractivity contribution >= 4 is 17.7 Å². The Morgan fingerprint density at radius 1 is 1.42 bits per heavy atom. The summed E-state index contributed by atoms with van der Waals surface area (Å²) in [4.78, 5) is 18.1. The van der Waals surface area contributed by atoms with Crippen molar-refractivity contribution in [1.29, 1.82) is 0 Å². The number of benzene rings is 1. The zero-order valence-electron chi connectivity index (χ0n) is 14.3. The van der Waals surface area contributed by atoms with Gasteiger partial charge in [0.05, 0.1) is 12.6 Å². The van der Waals surface area contributed by atoms with Crippen molar-refractivity contribution in [3.63, 3.8) is 0 Å². The summed E-state index contributed by atoms with van der Waals surface area (Å²) in [5.41, 5.74) is 2.39. The van der Waals surface area contributed by atoms with Crippen molar-refractivity contribution in [2.45, 2.75) is 32.2 Å². The van der Waals surface area contributed by atoms with Crippen molar-refractivity contribution in [3.8, 4) is 0 Å². The number of aryl methyl sites for hydroxylation is 1. The smallest absolute Gasteiger partial charge is 0.414 e. The quantitative estimate of drug-likeness (QED) is 0.934. The monoisotopic (exact) mass is 329 g/mol. The summed E-state index contributed by atoms with van der Waals surface area (Å²) in [5, 5.41) is 7.10. The lowest BCUT2D eigenvalue weighted by Crippen LogP contribution is -2.23. The first-order valence-electron chi connectivity index (χ1n) is 8.25. The number of aromatic nitrogens is 3. The van der Waals surface area contributed by atoms with E-state index in [-0.39, 0.29) is 6.04 Å². The van der Waals surface area contributed by atoms with Crippen LogP contribution in [-0.2, 0) is 11.2 Å². The van der Waals surface area contributed by atoms with E-state index < -0.39 is 6.09 Å². The van der Waals surface area contributed by atoms with Crippen LogP contribution in [0.15, 0.2) is 24.3 Å². The molecule has 1 aromatic carbocycles. The van der Waals surface area contributed by atoms with Crippen LogP contribution in [0.4, 0.5) is 16.4 Å². The number of hydrogen-bond donors (Lipinski definition) is 1. The fourth-order valence-corrected chi connectivity index (χ4v) is 3.13. The van der Waals surface area contributed by atoms with E-state index in [0.29, 0.717) is 12.6 Å². The zero-order valence-corrected chi connectivity index (χ0v) is 14.3. The van der Waals surface area contributed by atoms with Crippen LogP contribution in [0.3, 0.4) is 0 Å². The predicted octanol–water partition coefficient (Wildman–Crippen LogP) is 2.84. The summed E-state index contributed by atoms with van der Waals surface area (Å²) >= 11 is 0. The van der Waals surface area contributed by atoms with Gasteiger partial charge < -0.3 is 9.64 Å². The van der Waals surface area contributed by atoms with Crippen LogP contribution < -0.4 is 10.2 Å². The van der Waals surface area contributed by atoms with Crippen molar-refractivity contribution < 1.29 is 9.53 Å². The number of fused-ring (bicyclic) bond motifs is 1. The number of rotatable bonds is 4. The molecule has 1 unspecified atom stereocenters. The molecule has 128 valence electrons. The number of carbonyl (C=O) groups excluding carboxylic acids is 1. The highest BCUT2D eigenvalue weighted by molar-refractivity contribution is 5.82. The Kier molecular flexibility index (Phi) is 4.69. The number of hydrogen-bond acceptors (Lipinski definition) is 5. The van der Waals surface area contributed by atoms with Crippen molar-refractivity contribution in [2.75, 3.05) is 30.9 Å². The Bertz CT molecular complexity index is 726.